The molecular formula is C21H22Cl2FN3O2S. The summed E-state index contributed by atoms with van der Waals surface area (Å²) < 4.78 is 20.0. The quantitative estimate of drug-likeness (QED) is 0.538. The number of aryl methyl sites for hydroxylation is 1. The maximum absolute atomic E-state index is 13.7. The fourth-order valence-corrected chi connectivity index (χ4v) is 4.67. The predicted octanol–water partition coefficient (Wildman–Crippen LogP) is 4.80. The number of amides is 1. The van der Waals surface area contributed by atoms with E-state index in [0.29, 0.717) is 42.0 Å². The Morgan fingerprint density at radius 2 is 2.07 bits per heavy atom. The molecule has 160 valence electrons. The van der Waals surface area contributed by atoms with Crippen molar-refractivity contribution in [3.05, 3.63) is 58.4 Å². The molecule has 1 aliphatic heterocycles. The number of morpholine rings is 1. The summed E-state index contributed by atoms with van der Waals surface area (Å²) >= 11 is 7.74. The molecule has 0 atom stereocenters. The molecule has 4 rings (SSSR count). The van der Waals surface area contributed by atoms with Crippen LogP contribution in [0.5, 0.6) is 0 Å². The number of halogens is 3. The molecular weight excluding hydrogens is 448 g/mol. The van der Waals surface area contributed by atoms with Gasteiger partial charge in [0.05, 0.1) is 28.5 Å². The Balaban J connectivity index is 0.00000256. The molecule has 1 aliphatic rings. The number of thiazole rings is 1. The number of ether oxygens (including phenoxy) is 1. The standard InChI is InChI=1S/C21H21ClFN3O2S.ClH/c1-14-5-6-17(22)19-18(14)24-21(29-19)26(8-7-25-9-11-28-12-10-25)20(27)15-3-2-4-16(23)13-15;/h2-6,13H,7-12H2,1H3;1H. The van der Waals surface area contributed by atoms with Gasteiger partial charge in [-0.05, 0) is 36.8 Å². The van der Waals surface area contributed by atoms with Gasteiger partial charge in [-0.3, -0.25) is 14.6 Å². The number of nitrogens with zero attached hydrogens (tertiary/aromatic N) is 3. The highest BCUT2D eigenvalue weighted by Crippen LogP contribution is 2.36. The number of hydrogen-bond donors (Lipinski definition) is 0. The van der Waals surface area contributed by atoms with Crippen LogP contribution in [0.3, 0.4) is 0 Å². The largest absolute Gasteiger partial charge is 0.379 e. The van der Waals surface area contributed by atoms with Crippen molar-refractivity contribution in [3.8, 4) is 0 Å². The molecule has 1 aromatic heterocycles. The van der Waals surface area contributed by atoms with E-state index in [-0.39, 0.29) is 18.3 Å². The van der Waals surface area contributed by atoms with Crippen LogP contribution in [-0.4, -0.2) is 55.2 Å². The Hall–Kier alpha value is -1.77. The normalized spacial score (nSPS) is 14.5. The third-order valence-corrected chi connectivity index (χ3v) is 6.52. The van der Waals surface area contributed by atoms with Crippen molar-refractivity contribution in [2.24, 2.45) is 0 Å². The summed E-state index contributed by atoms with van der Waals surface area (Å²) in [7, 11) is 0. The Labute approximate surface area is 189 Å². The zero-order chi connectivity index (χ0) is 20.4. The summed E-state index contributed by atoms with van der Waals surface area (Å²) in [6.45, 7) is 6.13. The van der Waals surface area contributed by atoms with Crippen LogP contribution in [0.1, 0.15) is 15.9 Å². The second-order valence-electron chi connectivity index (χ2n) is 6.96. The first-order valence-corrected chi connectivity index (χ1v) is 10.7. The second kappa shape index (κ2) is 10.0. The molecule has 0 saturated carbocycles. The number of benzene rings is 2. The molecule has 5 nitrogen and oxygen atoms in total. The van der Waals surface area contributed by atoms with Gasteiger partial charge in [0.1, 0.15) is 5.82 Å². The van der Waals surface area contributed by atoms with Gasteiger partial charge in [0.2, 0.25) is 0 Å². The van der Waals surface area contributed by atoms with Crippen molar-refractivity contribution in [1.29, 1.82) is 0 Å². The monoisotopic (exact) mass is 469 g/mol. The van der Waals surface area contributed by atoms with E-state index in [1.165, 1.54) is 23.5 Å². The van der Waals surface area contributed by atoms with Gasteiger partial charge >= 0.3 is 0 Å². The summed E-state index contributed by atoms with van der Waals surface area (Å²) in [6.07, 6.45) is 0. The number of carbonyl (C=O) groups is 1. The van der Waals surface area contributed by atoms with Gasteiger partial charge < -0.3 is 4.74 Å². The predicted molar refractivity (Wildman–Crippen MR) is 122 cm³/mol. The molecule has 0 aliphatic carbocycles. The molecule has 1 fully saturated rings. The first-order valence-electron chi connectivity index (χ1n) is 9.46. The van der Waals surface area contributed by atoms with Crippen molar-refractivity contribution in [3.63, 3.8) is 0 Å². The molecule has 0 bridgehead atoms. The van der Waals surface area contributed by atoms with Crippen molar-refractivity contribution < 1.29 is 13.9 Å². The lowest BCUT2D eigenvalue weighted by molar-refractivity contribution is 0.0391. The van der Waals surface area contributed by atoms with Crippen LogP contribution >= 0.6 is 35.3 Å². The van der Waals surface area contributed by atoms with E-state index in [9.17, 15) is 9.18 Å². The van der Waals surface area contributed by atoms with Gasteiger partial charge in [-0.15, -0.1) is 12.4 Å². The summed E-state index contributed by atoms with van der Waals surface area (Å²) in [5.41, 5.74) is 2.09. The average molecular weight is 470 g/mol. The van der Waals surface area contributed by atoms with E-state index < -0.39 is 5.82 Å². The number of carbonyl (C=O) groups excluding carboxylic acids is 1. The highest BCUT2D eigenvalue weighted by Gasteiger charge is 2.24. The van der Waals surface area contributed by atoms with Crippen LogP contribution in [0.25, 0.3) is 10.2 Å². The van der Waals surface area contributed by atoms with Crippen LogP contribution in [-0.2, 0) is 4.74 Å². The SMILES string of the molecule is Cc1ccc(Cl)c2sc(N(CCN3CCOCC3)C(=O)c3cccc(F)c3)nc12.Cl. The zero-order valence-corrected chi connectivity index (χ0v) is 18.8. The van der Waals surface area contributed by atoms with Gasteiger partial charge in [-0.25, -0.2) is 9.37 Å². The third kappa shape index (κ3) is 4.92. The van der Waals surface area contributed by atoms with E-state index >= 15 is 0 Å². The third-order valence-electron chi connectivity index (χ3n) is 4.98. The number of anilines is 1. The van der Waals surface area contributed by atoms with Gasteiger partial charge in [0, 0.05) is 31.7 Å². The van der Waals surface area contributed by atoms with Gasteiger partial charge in [0.15, 0.2) is 5.13 Å². The van der Waals surface area contributed by atoms with Gasteiger partial charge in [-0.2, -0.15) is 0 Å². The number of hydrogen-bond acceptors (Lipinski definition) is 5. The Bertz CT molecular complexity index is 1000. The van der Waals surface area contributed by atoms with Crippen LogP contribution in [0, 0.1) is 12.7 Å². The fraction of sp³-hybridized carbons (Fsp3) is 0.333. The van der Waals surface area contributed by atoms with Gasteiger partial charge in [0.25, 0.3) is 5.91 Å². The Kier molecular flexibility index (Phi) is 7.65. The maximum atomic E-state index is 13.7. The minimum atomic E-state index is -0.438. The van der Waals surface area contributed by atoms with Crippen LogP contribution < -0.4 is 4.90 Å². The fourth-order valence-electron chi connectivity index (χ4n) is 3.33. The smallest absolute Gasteiger partial charge is 0.260 e. The summed E-state index contributed by atoms with van der Waals surface area (Å²) in [5, 5.41) is 1.18. The molecule has 9 heteroatoms. The minimum absolute atomic E-state index is 0. The molecule has 3 aromatic rings. The minimum Gasteiger partial charge on any atom is -0.379 e. The lowest BCUT2D eigenvalue weighted by Crippen LogP contribution is -2.43. The lowest BCUT2D eigenvalue weighted by Gasteiger charge is -2.29. The van der Waals surface area contributed by atoms with Crippen molar-refractivity contribution in [1.82, 2.24) is 9.88 Å². The van der Waals surface area contributed by atoms with Crippen molar-refractivity contribution >= 4 is 56.6 Å². The summed E-state index contributed by atoms with van der Waals surface area (Å²) in [6, 6.07) is 9.51. The summed E-state index contributed by atoms with van der Waals surface area (Å²) in [4.78, 5) is 21.9. The maximum Gasteiger partial charge on any atom is 0.260 e. The zero-order valence-electron chi connectivity index (χ0n) is 16.4. The Morgan fingerprint density at radius 1 is 1.30 bits per heavy atom. The molecule has 0 spiro atoms. The topological polar surface area (TPSA) is 45.7 Å². The van der Waals surface area contributed by atoms with E-state index in [1.807, 2.05) is 19.1 Å². The number of aromatic nitrogens is 1. The second-order valence-corrected chi connectivity index (χ2v) is 8.34. The molecule has 30 heavy (non-hydrogen) atoms. The number of rotatable bonds is 5. The highest BCUT2D eigenvalue weighted by molar-refractivity contribution is 7.23. The molecule has 2 aromatic carbocycles. The molecule has 0 N–H and O–H groups in total. The van der Waals surface area contributed by atoms with Crippen LogP contribution in [0.4, 0.5) is 9.52 Å². The van der Waals surface area contributed by atoms with E-state index in [1.54, 1.807) is 17.0 Å². The molecule has 1 saturated heterocycles. The molecule has 0 unspecified atom stereocenters. The van der Waals surface area contributed by atoms with E-state index in [2.05, 4.69) is 4.90 Å². The number of fused-ring (bicyclic) bond motifs is 1. The average Bonchev–Trinajstić information content (AvgIpc) is 3.18. The van der Waals surface area contributed by atoms with Crippen molar-refractivity contribution in [2.45, 2.75) is 6.92 Å². The molecule has 1 amide bonds. The van der Waals surface area contributed by atoms with E-state index in [0.717, 1.165) is 28.9 Å². The van der Waals surface area contributed by atoms with Crippen molar-refractivity contribution in [2.75, 3.05) is 44.3 Å². The molecule has 0 radical (unpaired) electrons. The van der Waals surface area contributed by atoms with Crippen LogP contribution in [0.15, 0.2) is 36.4 Å². The molecule has 2 heterocycles. The first-order chi connectivity index (χ1) is 14.0. The van der Waals surface area contributed by atoms with E-state index in [4.69, 9.17) is 21.3 Å². The highest BCUT2D eigenvalue weighted by atomic mass is 35.5. The van der Waals surface area contributed by atoms with Gasteiger partial charge in [-0.1, -0.05) is 35.1 Å². The lowest BCUT2D eigenvalue weighted by atomic mass is 10.2. The Morgan fingerprint density at radius 3 is 2.77 bits per heavy atom. The van der Waals surface area contributed by atoms with Crippen LogP contribution in [0.2, 0.25) is 5.02 Å². The summed E-state index contributed by atoms with van der Waals surface area (Å²) in [5.74, 6) is -0.710. The first kappa shape index (κ1) is 22.9.